The molecule has 0 saturated heterocycles. The molecule has 1 atom stereocenters. The zero-order valence-electron chi connectivity index (χ0n) is 5.66. The minimum Gasteiger partial charge on any atom is -0.320 e. The van der Waals surface area contributed by atoms with Crippen molar-refractivity contribution in [1.29, 1.82) is 5.26 Å². The minimum atomic E-state index is -0.382. The molecule has 0 fully saturated rings. The van der Waals surface area contributed by atoms with Crippen molar-refractivity contribution in [2.45, 2.75) is 12.5 Å². The quantitative estimate of drug-likeness (QED) is 0.558. The van der Waals surface area contributed by atoms with Crippen LogP contribution in [0.1, 0.15) is 18.3 Å². The molecule has 0 amide bonds. The zero-order valence-corrected chi connectivity index (χ0v) is 6.48. The Morgan fingerprint density at radius 2 is 2.45 bits per heavy atom. The second-order valence-corrected chi connectivity index (χ2v) is 2.41. The van der Waals surface area contributed by atoms with Gasteiger partial charge in [0.15, 0.2) is 0 Å². The summed E-state index contributed by atoms with van der Waals surface area (Å²) in [6.45, 7) is 0. The molecule has 6 heteroatoms. The summed E-state index contributed by atoms with van der Waals surface area (Å²) in [7, 11) is 0. The molecule has 0 aliphatic rings. The van der Waals surface area contributed by atoms with Gasteiger partial charge in [-0.3, -0.25) is 10.2 Å². The first-order chi connectivity index (χ1) is 5.24. The minimum absolute atomic E-state index is 0.232. The molecule has 0 radical (unpaired) electrons. The summed E-state index contributed by atoms with van der Waals surface area (Å²) in [6.07, 6.45) is 0.232. The summed E-state index contributed by atoms with van der Waals surface area (Å²) in [5, 5.41) is 13.6. The van der Waals surface area contributed by atoms with Gasteiger partial charge in [-0.15, -0.1) is 0 Å². The molecule has 1 heterocycles. The largest absolute Gasteiger partial charge is 0.320 e. The van der Waals surface area contributed by atoms with Gasteiger partial charge in [-0.1, -0.05) is 0 Å². The predicted molar refractivity (Wildman–Crippen MR) is 40.9 cm³/mol. The molecule has 1 rings (SSSR count). The molecular formula is C5H7N5S. The van der Waals surface area contributed by atoms with Crippen LogP contribution in [-0.4, -0.2) is 15.2 Å². The number of aromatic nitrogens is 3. The summed E-state index contributed by atoms with van der Waals surface area (Å²) >= 11 is 4.70. The molecule has 58 valence electrons. The van der Waals surface area contributed by atoms with Gasteiger partial charge in [0.25, 0.3) is 0 Å². The summed E-state index contributed by atoms with van der Waals surface area (Å²) in [5.41, 5.74) is 5.54. The van der Waals surface area contributed by atoms with Crippen molar-refractivity contribution in [3.8, 4) is 6.07 Å². The van der Waals surface area contributed by atoms with E-state index in [-0.39, 0.29) is 12.5 Å². The topological polar surface area (TPSA) is 94.3 Å². The fourth-order valence-electron chi connectivity index (χ4n) is 0.653. The van der Waals surface area contributed by atoms with Gasteiger partial charge in [-0.25, -0.2) is 4.98 Å². The number of hydrogen-bond donors (Lipinski definition) is 3. The van der Waals surface area contributed by atoms with Crippen molar-refractivity contribution in [2.75, 3.05) is 0 Å². The maximum Gasteiger partial charge on any atom is 0.213 e. The van der Waals surface area contributed by atoms with E-state index in [1.54, 1.807) is 0 Å². The molecule has 1 aromatic rings. The third-order valence-electron chi connectivity index (χ3n) is 1.18. The van der Waals surface area contributed by atoms with Crippen LogP contribution in [0, 0.1) is 16.1 Å². The highest BCUT2D eigenvalue weighted by molar-refractivity contribution is 7.71. The van der Waals surface area contributed by atoms with Gasteiger partial charge in [0.05, 0.1) is 18.5 Å². The molecule has 5 nitrogen and oxygen atoms in total. The van der Waals surface area contributed by atoms with E-state index in [1.807, 2.05) is 6.07 Å². The summed E-state index contributed by atoms with van der Waals surface area (Å²) in [6, 6.07) is 1.56. The van der Waals surface area contributed by atoms with Crippen LogP contribution < -0.4 is 5.73 Å². The number of nitrogens with zero attached hydrogens (tertiary/aromatic N) is 2. The number of H-pyrrole nitrogens is 2. The summed E-state index contributed by atoms with van der Waals surface area (Å²) in [4.78, 5) is 3.86. The van der Waals surface area contributed by atoms with Crippen LogP contribution in [0.4, 0.5) is 0 Å². The fraction of sp³-hybridized carbons (Fsp3) is 0.400. The monoisotopic (exact) mass is 169 g/mol. The molecule has 0 bridgehead atoms. The number of nitrogens with one attached hydrogen (secondary N) is 2. The van der Waals surface area contributed by atoms with Gasteiger partial charge in [0.1, 0.15) is 5.82 Å². The van der Waals surface area contributed by atoms with Crippen molar-refractivity contribution in [3.05, 3.63) is 10.6 Å². The van der Waals surface area contributed by atoms with Crippen molar-refractivity contribution < 1.29 is 0 Å². The van der Waals surface area contributed by atoms with E-state index in [4.69, 9.17) is 23.2 Å². The summed E-state index contributed by atoms with van der Waals surface area (Å²) in [5.74, 6) is 0.525. The Morgan fingerprint density at radius 3 is 2.91 bits per heavy atom. The lowest BCUT2D eigenvalue weighted by Crippen LogP contribution is -2.10. The second-order valence-electron chi connectivity index (χ2n) is 2.02. The molecule has 4 N–H and O–H groups in total. The Hall–Kier alpha value is -1.19. The maximum absolute atomic E-state index is 8.30. The number of rotatable bonds is 2. The Kier molecular flexibility index (Phi) is 2.36. The highest BCUT2D eigenvalue weighted by Gasteiger charge is 2.07. The van der Waals surface area contributed by atoms with Crippen LogP contribution in [0.25, 0.3) is 0 Å². The van der Waals surface area contributed by atoms with E-state index in [1.165, 1.54) is 0 Å². The van der Waals surface area contributed by atoms with Crippen molar-refractivity contribution in [2.24, 2.45) is 5.73 Å². The first-order valence-electron chi connectivity index (χ1n) is 3.01. The van der Waals surface area contributed by atoms with Gasteiger partial charge >= 0.3 is 0 Å². The molecule has 0 aromatic carbocycles. The van der Waals surface area contributed by atoms with Crippen LogP contribution in [0.15, 0.2) is 0 Å². The predicted octanol–water partition coefficient (Wildman–Crippen LogP) is 0.381. The molecule has 0 saturated carbocycles. The van der Waals surface area contributed by atoms with Crippen molar-refractivity contribution in [1.82, 2.24) is 15.2 Å². The first kappa shape index (κ1) is 7.91. The Bertz CT molecular complexity index is 318. The van der Waals surface area contributed by atoms with Crippen molar-refractivity contribution >= 4 is 12.2 Å². The van der Waals surface area contributed by atoms with Crippen LogP contribution >= 0.6 is 12.2 Å². The standard InChI is InChI=1S/C5H7N5S/c6-2-1-3(7)4-8-5(11)10-9-4/h3H,1,7H2,(H2,8,9,10,11)/t3-/m1/s1. The van der Waals surface area contributed by atoms with Crippen LogP contribution in [-0.2, 0) is 0 Å². The van der Waals surface area contributed by atoms with E-state index in [2.05, 4.69) is 15.2 Å². The number of nitriles is 1. The van der Waals surface area contributed by atoms with Crippen LogP contribution in [0.3, 0.4) is 0 Å². The Labute approximate surface area is 68.2 Å². The van der Waals surface area contributed by atoms with Gasteiger partial charge < -0.3 is 5.73 Å². The molecule has 0 aliphatic heterocycles. The maximum atomic E-state index is 8.30. The average Bonchev–Trinajstić information content (AvgIpc) is 2.36. The highest BCUT2D eigenvalue weighted by Crippen LogP contribution is 2.05. The molecule has 1 aromatic heterocycles. The molecule has 0 unspecified atom stereocenters. The Morgan fingerprint density at radius 1 is 1.73 bits per heavy atom. The van der Waals surface area contributed by atoms with Gasteiger partial charge in [0, 0.05) is 0 Å². The Balaban J connectivity index is 2.78. The van der Waals surface area contributed by atoms with Gasteiger partial charge in [0.2, 0.25) is 4.77 Å². The van der Waals surface area contributed by atoms with Crippen LogP contribution in [0.5, 0.6) is 0 Å². The number of hydrogen-bond acceptors (Lipinski definition) is 4. The normalized spacial score (nSPS) is 12.4. The smallest absolute Gasteiger partial charge is 0.213 e. The van der Waals surface area contributed by atoms with E-state index in [0.29, 0.717) is 10.6 Å². The zero-order chi connectivity index (χ0) is 8.27. The average molecular weight is 169 g/mol. The van der Waals surface area contributed by atoms with Crippen molar-refractivity contribution in [3.63, 3.8) is 0 Å². The third kappa shape index (κ3) is 1.86. The second kappa shape index (κ2) is 3.27. The molecule has 0 spiro atoms. The SMILES string of the molecule is N#CC[C@@H](N)c1nc(=S)[nH][nH]1. The molecular weight excluding hydrogens is 162 g/mol. The van der Waals surface area contributed by atoms with E-state index >= 15 is 0 Å². The lowest BCUT2D eigenvalue weighted by molar-refractivity contribution is 0.692. The fourth-order valence-corrected chi connectivity index (χ4v) is 0.803. The molecule has 11 heavy (non-hydrogen) atoms. The number of aromatic amines is 2. The van der Waals surface area contributed by atoms with E-state index in [9.17, 15) is 0 Å². The highest BCUT2D eigenvalue weighted by atomic mass is 32.1. The van der Waals surface area contributed by atoms with Gasteiger partial charge in [-0.2, -0.15) is 5.26 Å². The van der Waals surface area contributed by atoms with E-state index in [0.717, 1.165) is 0 Å². The first-order valence-corrected chi connectivity index (χ1v) is 3.42. The lowest BCUT2D eigenvalue weighted by Gasteiger charge is -1.99. The lowest BCUT2D eigenvalue weighted by atomic mass is 10.2. The van der Waals surface area contributed by atoms with Gasteiger partial charge in [-0.05, 0) is 12.2 Å². The van der Waals surface area contributed by atoms with Crippen LogP contribution in [0.2, 0.25) is 0 Å². The number of nitrogens with two attached hydrogens (primary N) is 1. The van der Waals surface area contributed by atoms with E-state index < -0.39 is 0 Å². The third-order valence-corrected chi connectivity index (χ3v) is 1.38. The molecule has 0 aliphatic carbocycles. The summed E-state index contributed by atoms with van der Waals surface area (Å²) < 4.78 is 0.355.